The van der Waals surface area contributed by atoms with E-state index >= 15 is 0 Å². The van der Waals surface area contributed by atoms with Crippen LogP contribution in [0.4, 0.5) is 11.4 Å². The predicted octanol–water partition coefficient (Wildman–Crippen LogP) is 4.79. The molecule has 0 aromatic heterocycles. The van der Waals surface area contributed by atoms with E-state index in [1.807, 2.05) is 12.1 Å². The zero-order chi connectivity index (χ0) is 20.8. The van der Waals surface area contributed by atoms with Gasteiger partial charge >= 0.3 is 0 Å². The van der Waals surface area contributed by atoms with Gasteiger partial charge in [-0.05, 0) is 48.0 Å². The Morgan fingerprint density at radius 2 is 1.86 bits per heavy atom. The molecule has 146 valence electrons. The van der Waals surface area contributed by atoms with Crippen LogP contribution in [0.2, 0.25) is 0 Å². The lowest BCUT2D eigenvalue weighted by molar-refractivity contribution is -0.384. The number of primary amides is 1. The number of amides is 1. The van der Waals surface area contributed by atoms with Crippen molar-refractivity contribution in [2.24, 2.45) is 10.7 Å². The Hall–Kier alpha value is -3.52. The number of benzene rings is 3. The van der Waals surface area contributed by atoms with Crippen molar-refractivity contribution in [2.45, 2.75) is 6.61 Å². The third kappa shape index (κ3) is 5.26. The van der Waals surface area contributed by atoms with Crippen LogP contribution < -0.4 is 10.5 Å². The van der Waals surface area contributed by atoms with Gasteiger partial charge in [-0.15, -0.1) is 0 Å². The van der Waals surface area contributed by atoms with Crippen molar-refractivity contribution in [1.29, 1.82) is 0 Å². The van der Waals surface area contributed by atoms with Gasteiger partial charge in [-0.3, -0.25) is 19.9 Å². The molecule has 8 heteroatoms. The molecule has 0 aliphatic heterocycles. The highest BCUT2D eigenvalue weighted by atomic mass is 79.9. The van der Waals surface area contributed by atoms with Crippen LogP contribution in [0.25, 0.3) is 0 Å². The molecule has 3 aromatic carbocycles. The van der Waals surface area contributed by atoms with Gasteiger partial charge in [0.05, 0.1) is 16.2 Å². The summed E-state index contributed by atoms with van der Waals surface area (Å²) in [5, 5.41) is 10.7. The number of nitro benzene ring substituents is 1. The molecule has 3 rings (SSSR count). The summed E-state index contributed by atoms with van der Waals surface area (Å²) in [7, 11) is 0. The number of para-hydroxylation sites is 1. The second-order valence-corrected chi connectivity index (χ2v) is 6.95. The molecular weight excluding hydrogens is 438 g/mol. The Kier molecular flexibility index (Phi) is 6.36. The van der Waals surface area contributed by atoms with Crippen molar-refractivity contribution < 1.29 is 14.5 Å². The predicted molar refractivity (Wildman–Crippen MR) is 114 cm³/mol. The molecule has 0 heterocycles. The lowest BCUT2D eigenvalue weighted by Gasteiger charge is -2.10. The largest absolute Gasteiger partial charge is 0.488 e. The number of nitrogens with zero attached hydrogens (tertiary/aromatic N) is 2. The van der Waals surface area contributed by atoms with E-state index in [-0.39, 0.29) is 12.3 Å². The molecule has 0 bridgehead atoms. The molecule has 0 aliphatic rings. The molecule has 1 amide bonds. The second kappa shape index (κ2) is 9.11. The number of carbonyl (C=O) groups excluding carboxylic acids is 1. The van der Waals surface area contributed by atoms with Gasteiger partial charge in [0.1, 0.15) is 12.4 Å². The third-order valence-corrected chi connectivity index (χ3v) is 4.52. The normalized spacial score (nSPS) is 10.8. The summed E-state index contributed by atoms with van der Waals surface area (Å²) in [6.07, 6.45) is 1.59. The summed E-state index contributed by atoms with van der Waals surface area (Å²) in [6, 6.07) is 18.4. The number of ether oxygens (including phenoxy) is 1. The van der Waals surface area contributed by atoms with Gasteiger partial charge in [-0.1, -0.05) is 28.1 Å². The van der Waals surface area contributed by atoms with E-state index in [0.29, 0.717) is 22.6 Å². The molecule has 0 fully saturated rings. The van der Waals surface area contributed by atoms with E-state index in [1.165, 1.54) is 12.1 Å². The smallest absolute Gasteiger partial charge is 0.269 e. The van der Waals surface area contributed by atoms with E-state index < -0.39 is 10.8 Å². The first-order chi connectivity index (χ1) is 13.9. The number of nitrogens with two attached hydrogens (primary N) is 1. The fourth-order valence-electron chi connectivity index (χ4n) is 2.56. The Morgan fingerprint density at radius 1 is 1.14 bits per heavy atom. The number of nitro groups is 1. The second-order valence-electron chi connectivity index (χ2n) is 6.03. The molecule has 29 heavy (non-hydrogen) atoms. The fourth-order valence-corrected chi connectivity index (χ4v) is 2.94. The highest BCUT2D eigenvalue weighted by Gasteiger charge is 2.08. The minimum atomic E-state index is -0.554. The van der Waals surface area contributed by atoms with Crippen LogP contribution in [0.5, 0.6) is 5.75 Å². The van der Waals surface area contributed by atoms with E-state index in [2.05, 4.69) is 20.9 Å². The van der Waals surface area contributed by atoms with Crippen LogP contribution in [-0.4, -0.2) is 17.0 Å². The van der Waals surface area contributed by atoms with Crippen molar-refractivity contribution in [1.82, 2.24) is 0 Å². The van der Waals surface area contributed by atoms with Crippen molar-refractivity contribution in [3.63, 3.8) is 0 Å². The molecule has 0 atom stereocenters. The SMILES string of the molecule is NC(=O)c1ccccc1N=Cc1cc(Br)ccc1OCc1ccc([N+](=O)[O-])cc1. The first-order valence-corrected chi connectivity index (χ1v) is 9.32. The number of hydrogen-bond acceptors (Lipinski definition) is 5. The van der Waals surface area contributed by atoms with Gasteiger partial charge < -0.3 is 10.5 Å². The molecule has 0 spiro atoms. The molecular formula is C21H16BrN3O4. The summed E-state index contributed by atoms with van der Waals surface area (Å²) < 4.78 is 6.71. The average molecular weight is 454 g/mol. The summed E-state index contributed by atoms with van der Waals surface area (Å²) in [5.74, 6) is 0.0218. The minimum absolute atomic E-state index is 0.0262. The molecule has 0 radical (unpaired) electrons. The van der Waals surface area contributed by atoms with Gasteiger partial charge in [0.25, 0.3) is 11.6 Å². The topological polar surface area (TPSA) is 108 Å². The zero-order valence-corrected chi connectivity index (χ0v) is 16.7. The highest BCUT2D eigenvalue weighted by molar-refractivity contribution is 9.10. The lowest BCUT2D eigenvalue weighted by atomic mass is 10.1. The first-order valence-electron chi connectivity index (χ1n) is 8.52. The molecule has 0 saturated heterocycles. The Labute approximate surface area is 175 Å². The number of rotatable bonds is 7. The van der Waals surface area contributed by atoms with Gasteiger partial charge in [-0.25, -0.2) is 0 Å². The number of halogens is 1. The standard InChI is InChI=1S/C21H16BrN3O4/c22-16-7-10-20(29-13-14-5-8-17(9-6-14)25(27)28)15(11-16)12-24-19-4-2-1-3-18(19)21(23)26/h1-12H,13H2,(H2,23,26). The quantitative estimate of drug-likeness (QED) is 0.315. The fraction of sp³-hybridized carbons (Fsp3) is 0.0476. The minimum Gasteiger partial charge on any atom is -0.488 e. The molecule has 2 N–H and O–H groups in total. The lowest BCUT2D eigenvalue weighted by Crippen LogP contribution is -2.10. The summed E-state index contributed by atoms with van der Waals surface area (Å²) in [6.45, 7) is 0.234. The third-order valence-electron chi connectivity index (χ3n) is 4.03. The summed E-state index contributed by atoms with van der Waals surface area (Å²) >= 11 is 3.42. The Balaban J connectivity index is 1.81. The monoisotopic (exact) mass is 453 g/mol. The van der Waals surface area contributed by atoms with Crippen LogP contribution in [0.15, 0.2) is 76.2 Å². The maximum Gasteiger partial charge on any atom is 0.269 e. The van der Waals surface area contributed by atoms with Crippen LogP contribution >= 0.6 is 15.9 Å². The zero-order valence-electron chi connectivity index (χ0n) is 15.1. The van der Waals surface area contributed by atoms with Crippen molar-refractivity contribution in [2.75, 3.05) is 0 Å². The number of hydrogen-bond donors (Lipinski definition) is 1. The highest BCUT2D eigenvalue weighted by Crippen LogP contribution is 2.25. The number of carbonyl (C=O) groups is 1. The summed E-state index contributed by atoms with van der Waals surface area (Å²) in [5.41, 5.74) is 7.69. The van der Waals surface area contributed by atoms with Gasteiger partial charge in [-0.2, -0.15) is 0 Å². The van der Waals surface area contributed by atoms with E-state index in [9.17, 15) is 14.9 Å². The van der Waals surface area contributed by atoms with Gasteiger partial charge in [0.15, 0.2) is 0 Å². The number of aliphatic imine (C=N–C) groups is 1. The van der Waals surface area contributed by atoms with Crippen LogP contribution in [0, 0.1) is 10.1 Å². The van der Waals surface area contributed by atoms with Crippen LogP contribution in [0.1, 0.15) is 21.5 Å². The van der Waals surface area contributed by atoms with Crippen LogP contribution in [0.3, 0.4) is 0 Å². The average Bonchev–Trinajstić information content (AvgIpc) is 2.72. The summed E-state index contributed by atoms with van der Waals surface area (Å²) in [4.78, 5) is 26.2. The van der Waals surface area contributed by atoms with Crippen LogP contribution in [-0.2, 0) is 6.61 Å². The van der Waals surface area contributed by atoms with Crippen molar-refractivity contribution in [3.05, 3.63) is 98.0 Å². The van der Waals surface area contributed by atoms with Crippen molar-refractivity contribution >= 4 is 39.4 Å². The maximum absolute atomic E-state index is 11.6. The Morgan fingerprint density at radius 3 is 2.55 bits per heavy atom. The van der Waals surface area contributed by atoms with E-state index in [0.717, 1.165) is 10.0 Å². The molecule has 3 aromatic rings. The molecule has 0 saturated carbocycles. The van der Waals surface area contributed by atoms with Gasteiger partial charge in [0.2, 0.25) is 0 Å². The molecule has 0 aliphatic carbocycles. The molecule has 7 nitrogen and oxygen atoms in total. The molecule has 0 unspecified atom stereocenters. The number of non-ortho nitro benzene ring substituents is 1. The van der Waals surface area contributed by atoms with Crippen molar-refractivity contribution in [3.8, 4) is 5.75 Å². The van der Waals surface area contributed by atoms with E-state index in [1.54, 1.807) is 48.7 Å². The van der Waals surface area contributed by atoms with E-state index in [4.69, 9.17) is 10.5 Å². The first kappa shape index (κ1) is 20.2. The van der Waals surface area contributed by atoms with Gasteiger partial charge in [0, 0.05) is 28.4 Å². The maximum atomic E-state index is 11.6. The Bertz CT molecular complexity index is 1080.